The summed E-state index contributed by atoms with van der Waals surface area (Å²) in [6.45, 7) is 2.22. The van der Waals surface area contributed by atoms with Crippen LogP contribution in [-0.2, 0) is 0 Å². The maximum atomic E-state index is 9.96. The SMILES string of the molecule is NC1(C(c2ccccc2O)N2CCC2)CC1. The molecular weight excluding hydrogens is 200 g/mol. The van der Waals surface area contributed by atoms with E-state index in [0.717, 1.165) is 31.5 Å². The second-order valence-corrected chi connectivity index (χ2v) is 5.08. The van der Waals surface area contributed by atoms with Gasteiger partial charge in [-0.25, -0.2) is 0 Å². The lowest BCUT2D eigenvalue weighted by Gasteiger charge is -2.42. The molecule has 3 rings (SSSR count). The number of nitrogens with two attached hydrogens (primary N) is 1. The molecule has 1 aliphatic heterocycles. The lowest BCUT2D eigenvalue weighted by Crippen LogP contribution is -2.49. The topological polar surface area (TPSA) is 49.5 Å². The molecule has 3 nitrogen and oxygen atoms in total. The van der Waals surface area contributed by atoms with Gasteiger partial charge in [-0.2, -0.15) is 0 Å². The summed E-state index contributed by atoms with van der Waals surface area (Å²) in [4.78, 5) is 2.39. The van der Waals surface area contributed by atoms with Crippen LogP contribution in [0.5, 0.6) is 5.75 Å². The number of rotatable bonds is 3. The molecule has 0 aromatic heterocycles. The Morgan fingerprint density at radius 2 is 1.94 bits per heavy atom. The minimum absolute atomic E-state index is 0.0980. The number of hydrogen-bond donors (Lipinski definition) is 2. The van der Waals surface area contributed by atoms with Gasteiger partial charge < -0.3 is 10.8 Å². The third kappa shape index (κ3) is 1.51. The van der Waals surface area contributed by atoms with Crippen LogP contribution in [0.15, 0.2) is 24.3 Å². The van der Waals surface area contributed by atoms with Crippen LogP contribution in [0.3, 0.4) is 0 Å². The number of phenolic OH excluding ortho intramolecular Hbond substituents is 1. The van der Waals surface area contributed by atoms with Crippen molar-refractivity contribution in [1.82, 2.24) is 4.90 Å². The van der Waals surface area contributed by atoms with E-state index >= 15 is 0 Å². The van der Waals surface area contributed by atoms with Crippen LogP contribution in [0.2, 0.25) is 0 Å². The minimum Gasteiger partial charge on any atom is -0.508 e. The number of para-hydroxylation sites is 1. The zero-order valence-corrected chi connectivity index (χ0v) is 9.39. The molecule has 1 aromatic rings. The van der Waals surface area contributed by atoms with Crippen molar-refractivity contribution in [3.05, 3.63) is 29.8 Å². The fourth-order valence-electron chi connectivity index (χ4n) is 2.61. The van der Waals surface area contributed by atoms with Crippen LogP contribution in [-0.4, -0.2) is 28.6 Å². The Labute approximate surface area is 95.9 Å². The highest BCUT2D eigenvalue weighted by atomic mass is 16.3. The molecule has 0 amide bonds. The Morgan fingerprint density at radius 3 is 2.44 bits per heavy atom. The summed E-state index contributed by atoms with van der Waals surface area (Å²) in [5.41, 5.74) is 7.25. The number of likely N-dealkylation sites (tertiary alicyclic amines) is 1. The monoisotopic (exact) mass is 218 g/mol. The van der Waals surface area contributed by atoms with Gasteiger partial charge in [0.2, 0.25) is 0 Å². The van der Waals surface area contributed by atoms with Gasteiger partial charge in [-0.3, -0.25) is 4.90 Å². The van der Waals surface area contributed by atoms with Gasteiger partial charge in [0.1, 0.15) is 5.75 Å². The molecule has 1 atom stereocenters. The second kappa shape index (κ2) is 3.47. The normalized spacial score (nSPS) is 24.8. The molecular formula is C13H18N2O. The number of aromatic hydroxyl groups is 1. The minimum atomic E-state index is -0.0980. The summed E-state index contributed by atoms with van der Waals surface area (Å²) in [7, 11) is 0. The summed E-state index contributed by atoms with van der Waals surface area (Å²) in [6.07, 6.45) is 3.39. The molecule has 86 valence electrons. The Morgan fingerprint density at radius 1 is 1.25 bits per heavy atom. The highest BCUT2D eigenvalue weighted by molar-refractivity contribution is 5.38. The summed E-state index contributed by atoms with van der Waals surface area (Å²) in [6, 6.07) is 7.82. The summed E-state index contributed by atoms with van der Waals surface area (Å²) < 4.78 is 0. The van der Waals surface area contributed by atoms with Crippen molar-refractivity contribution in [2.24, 2.45) is 5.73 Å². The molecule has 0 radical (unpaired) electrons. The molecule has 2 aliphatic rings. The van der Waals surface area contributed by atoms with Crippen molar-refractivity contribution in [1.29, 1.82) is 0 Å². The number of hydrogen-bond acceptors (Lipinski definition) is 3. The molecule has 1 aromatic carbocycles. The third-order valence-electron chi connectivity index (χ3n) is 3.86. The van der Waals surface area contributed by atoms with E-state index in [1.54, 1.807) is 6.07 Å². The molecule has 1 saturated heterocycles. The van der Waals surface area contributed by atoms with Crippen molar-refractivity contribution in [3.8, 4) is 5.75 Å². The smallest absolute Gasteiger partial charge is 0.120 e. The first-order valence-electron chi connectivity index (χ1n) is 6.01. The van der Waals surface area contributed by atoms with Gasteiger partial charge in [-0.1, -0.05) is 18.2 Å². The zero-order valence-electron chi connectivity index (χ0n) is 9.39. The summed E-state index contributed by atoms with van der Waals surface area (Å²) in [5.74, 6) is 0.385. The molecule has 1 aliphatic carbocycles. The van der Waals surface area contributed by atoms with Crippen molar-refractivity contribution in [3.63, 3.8) is 0 Å². The molecule has 0 spiro atoms. The molecule has 1 heterocycles. The van der Waals surface area contributed by atoms with E-state index in [9.17, 15) is 5.11 Å². The maximum absolute atomic E-state index is 9.96. The highest BCUT2D eigenvalue weighted by Gasteiger charge is 2.50. The summed E-state index contributed by atoms with van der Waals surface area (Å²) >= 11 is 0. The predicted molar refractivity (Wildman–Crippen MR) is 63.2 cm³/mol. The molecule has 3 heteroatoms. The van der Waals surface area contributed by atoms with Crippen LogP contribution in [0.25, 0.3) is 0 Å². The maximum Gasteiger partial charge on any atom is 0.120 e. The van der Waals surface area contributed by atoms with Crippen molar-refractivity contribution < 1.29 is 5.11 Å². The highest BCUT2D eigenvalue weighted by Crippen LogP contribution is 2.49. The van der Waals surface area contributed by atoms with Gasteiger partial charge in [-0.05, 0) is 25.3 Å². The summed E-state index contributed by atoms with van der Waals surface area (Å²) in [5, 5.41) is 9.96. The van der Waals surface area contributed by atoms with E-state index in [0.29, 0.717) is 5.75 Å². The molecule has 3 N–H and O–H groups in total. The van der Waals surface area contributed by atoms with Gasteiger partial charge in [0.05, 0.1) is 6.04 Å². The standard InChI is InChI=1S/C13H18N2O/c14-13(6-7-13)12(15-8-3-9-15)10-4-1-2-5-11(10)16/h1-2,4-5,12,16H,3,6-9,14H2. The molecule has 2 fully saturated rings. The van der Waals surface area contributed by atoms with Gasteiger partial charge in [-0.15, -0.1) is 0 Å². The predicted octanol–water partition coefficient (Wildman–Crippen LogP) is 1.63. The first-order valence-corrected chi connectivity index (χ1v) is 6.01. The Balaban J connectivity index is 1.96. The van der Waals surface area contributed by atoms with Crippen LogP contribution >= 0.6 is 0 Å². The van der Waals surface area contributed by atoms with E-state index in [2.05, 4.69) is 4.90 Å². The third-order valence-corrected chi connectivity index (χ3v) is 3.86. The van der Waals surface area contributed by atoms with Crippen molar-refractivity contribution in [2.75, 3.05) is 13.1 Å². The molecule has 1 saturated carbocycles. The Hall–Kier alpha value is -1.06. The van der Waals surface area contributed by atoms with E-state index < -0.39 is 0 Å². The molecule has 0 bridgehead atoms. The largest absolute Gasteiger partial charge is 0.508 e. The van der Waals surface area contributed by atoms with E-state index in [1.165, 1.54) is 6.42 Å². The average molecular weight is 218 g/mol. The second-order valence-electron chi connectivity index (χ2n) is 5.08. The van der Waals surface area contributed by atoms with Crippen LogP contribution in [0.1, 0.15) is 30.9 Å². The fourth-order valence-corrected chi connectivity index (χ4v) is 2.61. The lowest BCUT2D eigenvalue weighted by atomic mass is 9.92. The number of nitrogens with zero attached hydrogens (tertiary/aromatic N) is 1. The number of phenols is 1. The van der Waals surface area contributed by atoms with Crippen molar-refractivity contribution >= 4 is 0 Å². The van der Waals surface area contributed by atoms with Crippen LogP contribution in [0, 0.1) is 0 Å². The van der Waals surface area contributed by atoms with Gasteiger partial charge in [0.15, 0.2) is 0 Å². The Bertz CT molecular complexity index is 397. The van der Waals surface area contributed by atoms with Gasteiger partial charge >= 0.3 is 0 Å². The average Bonchev–Trinajstić information content (AvgIpc) is 2.92. The first kappa shape index (κ1) is 10.1. The van der Waals surface area contributed by atoms with Crippen LogP contribution in [0.4, 0.5) is 0 Å². The Kier molecular flexibility index (Phi) is 2.19. The lowest BCUT2D eigenvalue weighted by molar-refractivity contribution is 0.0914. The van der Waals surface area contributed by atoms with Crippen LogP contribution < -0.4 is 5.73 Å². The number of benzene rings is 1. The zero-order chi connectivity index (χ0) is 11.2. The molecule has 1 unspecified atom stereocenters. The first-order chi connectivity index (χ1) is 7.71. The van der Waals surface area contributed by atoms with Crippen molar-refractivity contribution in [2.45, 2.75) is 30.8 Å². The van der Waals surface area contributed by atoms with Gasteiger partial charge in [0, 0.05) is 24.2 Å². The van der Waals surface area contributed by atoms with E-state index in [1.807, 2.05) is 18.2 Å². The van der Waals surface area contributed by atoms with Gasteiger partial charge in [0.25, 0.3) is 0 Å². The quantitative estimate of drug-likeness (QED) is 0.810. The fraction of sp³-hybridized carbons (Fsp3) is 0.538. The van der Waals surface area contributed by atoms with E-state index in [4.69, 9.17) is 5.73 Å². The van der Waals surface area contributed by atoms with E-state index in [-0.39, 0.29) is 11.6 Å². The molecule has 16 heavy (non-hydrogen) atoms.